The lowest BCUT2D eigenvalue weighted by molar-refractivity contribution is -0.237. The smallest absolute Gasteiger partial charge is 0.408 e. The second-order valence-electron chi connectivity index (χ2n) is 16.3. The van der Waals surface area contributed by atoms with E-state index in [0.29, 0.717) is 12.8 Å². The van der Waals surface area contributed by atoms with Crippen LogP contribution in [0, 0.1) is 5.92 Å². The van der Waals surface area contributed by atoms with Crippen molar-refractivity contribution in [2.45, 2.75) is 162 Å². The molecule has 0 unspecified atom stereocenters. The first-order valence-electron chi connectivity index (χ1n) is 19.2. The number of hydrogen-bond acceptors (Lipinski definition) is 17. The van der Waals surface area contributed by atoms with Gasteiger partial charge in [-0.15, -0.1) is 11.8 Å². The fourth-order valence-electron chi connectivity index (χ4n) is 6.04. The molecule has 0 radical (unpaired) electrons. The van der Waals surface area contributed by atoms with E-state index in [4.69, 9.17) is 33.2 Å². The van der Waals surface area contributed by atoms with E-state index in [1.165, 1.54) is 4.90 Å². The van der Waals surface area contributed by atoms with Gasteiger partial charge in [0.2, 0.25) is 17.7 Å². The summed E-state index contributed by atoms with van der Waals surface area (Å²) in [5, 5.41) is 7.63. The van der Waals surface area contributed by atoms with Crippen molar-refractivity contribution in [2.75, 3.05) is 19.0 Å². The van der Waals surface area contributed by atoms with Gasteiger partial charge in [-0.1, -0.05) is 13.8 Å². The van der Waals surface area contributed by atoms with Crippen LogP contribution in [0.4, 0.5) is 4.79 Å². The molecule has 0 bridgehead atoms. The van der Waals surface area contributed by atoms with E-state index in [2.05, 4.69) is 16.0 Å². The molecule has 59 heavy (non-hydrogen) atoms. The molecule has 0 aromatic heterocycles. The molecule has 0 saturated carbocycles. The maximum absolute atomic E-state index is 13.9. The van der Waals surface area contributed by atoms with Crippen LogP contribution in [0.2, 0.25) is 0 Å². The number of rotatable bonds is 16. The molecule has 2 aliphatic rings. The quantitative estimate of drug-likeness (QED) is 0.113. The molecule has 3 N–H and O–H groups in total. The lowest BCUT2D eigenvalue weighted by atomic mass is 9.99. The predicted molar refractivity (Wildman–Crippen MR) is 208 cm³/mol. The summed E-state index contributed by atoms with van der Waals surface area (Å²) in [7, 11) is 0. The Bertz CT molecular complexity index is 1560. The summed E-state index contributed by atoms with van der Waals surface area (Å²) >= 11 is 0.857. The number of amides is 4. The summed E-state index contributed by atoms with van der Waals surface area (Å²) in [6.45, 7) is 17.5. The molecule has 2 aliphatic heterocycles. The fraction of sp³-hybridized carbons (Fsp3) is 0.763. The van der Waals surface area contributed by atoms with Crippen LogP contribution in [0.25, 0.3) is 0 Å². The maximum Gasteiger partial charge on any atom is 0.408 e. The average Bonchev–Trinajstić information content (AvgIpc) is 3.56. The first-order valence-corrected chi connectivity index (χ1v) is 20.3. The van der Waals surface area contributed by atoms with Crippen molar-refractivity contribution in [1.29, 1.82) is 0 Å². The Morgan fingerprint density at radius 3 is 1.85 bits per heavy atom. The molecule has 20 nitrogen and oxygen atoms in total. The van der Waals surface area contributed by atoms with E-state index >= 15 is 0 Å². The molecule has 8 atom stereocenters. The molecular formula is C38H60N4O16S. The van der Waals surface area contributed by atoms with E-state index < -0.39 is 132 Å². The van der Waals surface area contributed by atoms with Crippen LogP contribution in [0.3, 0.4) is 0 Å². The van der Waals surface area contributed by atoms with Crippen LogP contribution in [0.15, 0.2) is 0 Å². The van der Waals surface area contributed by atoms with Crippen molar-refractivity contribution in [3.63, 3.8) is 0 Å². The monoisotopic (exact) mass is 860 g/mol. The summed E-state index contributed by atoms with van der Waals surface area (Å²) in [6.07, 6.45) is -6.16. The Kier molecular flexibility index (Phi) is 18.9. The molecule has 0 aromatic rings. The second-order valence-corrected chi connectivity index (χ2v) is 17.4. The Hall–Kier alpha value is -4.66. The molecule has 0 aromatic carbocycles. The highest BCUT2D eigenvalue weighted by atomic mass is 32.2. The molecule has 2 rings (SSSR count). The molecule has 334 valence electrons. The zero-order valence-electron chi connectivity index (χ0n) is 35.8. The minimum absolute atomic E-state index is 0.251. The number of carbonyl (C=O) groups excluding carboxylic acids is 9. The highest BCUT2D eigenvalue weighted by Crippen LogP contribution is 2.34. The molecule has 4 amide bonds. The topological polar surface area (TPSA) is 258 Å². The third-order valence-electron chi connectivity index (χ3n) is 8.31. The Balaban J connectivity index is 2.32. The van der Waals surface area contributed by atoms with Crippen molar-refractivity contribution in [1.82, 2.24) is 20.9 Å². The molecular weight excluding hydrogens is 800 g/mol. The van der Waals surface area contributed by atoms with Gasteiger partial charge in [0.1, 0.15) is 47.5 Å². The van der Waals surface area contributed by atoms with Gasteiger partial charge >= 0.3 is 35.9 Å². The van der Waals surface area contributed by atoms with Gasteiger partial charge in [0.25, 0.3) is 0 Å². The van der Waals surface area contributed by atoms with Crippen molar-refractivity contribution < 1.29 is 76.3 Å². The van der Waals surface area contributed by atoms with Crippen molar-refractivity contribution in [3.8, 4) is 0 Å². The lowest BCUT2D eigenvalue weighted by Gasteiger charge is -2.44. The van der Waals surface area contributed by atoms with E-state index in [-0.39, 0.29) is 12.4 Å². The Labute approximate surface area is 348 Å². The van der Waals surface area contributed by atoms with Crippen LogP contribution >= 0.6 is 11.8 Å². The van der Waals surface area contributed by atoms with Crippen LogP contribution in [-0.4, -0.2) is 137 Å². The van der Waals surface area contributed by atoms with Crippen molar-refractivity contribution >= 4 is 65.4 Å². The molecule has 21 heteroatoms. The van der Waals surface area contributed by atoms with E-state index in [1.54, 1.807) is 55.4 Å². The highest BCUT2D eigenvalue weighted by Gasteiger charge is 2.52. The summed E-state index contributed by atoms with van der Waals surface area (Å²) < 4.78 is 38.2. The van der Waals surface area contributed by atoms with Gasteiger partial charge < -0.3 is 54.0 Å². The van der Waals surface area contributed by atoms with Crippen LogP contribution in [0.1, 0.15) is 102 Å². The molecule has 0 spiro atoms. The zero-order valence-corrected chi connectivity index (χ0v) is 36.6. The average molecular weight is 861 g/mol. The largest absolute Gasteiger partial charge is 0.463 e. The molecule has 0 aliphatic carbocycles. The van der Waals surface area contributed by atoms with Gasteiger partial charge in [-0.25, -0.2) is 9.59 Å². The fourth-order valence-corrected chi connectivity index (χ4v) is 7.07. The number of hydrogen-bond donors (Lipinski definition) is 3. The zero-order chi connectivity index (χ0) is 45.0. The summed E-state index contributed by atoms with van der Waals surface area (Å²) in [6, 6.07) is -3.58. The van der Waals surface area contributed by atoms with Crippen LogP contribution in [-0.2, 0) is 71.5 Å². The Morgan fingerprint density at radius 1 is 0.763 bits per heavy atom. The van der Waals surface area contributed by atoms with E-state index in [9.17, 15) is 43.2 Å². The first kappa shape index (κ1) is 50.5. The van der Waals surface area contributed by atoms with Crippen LogP contribution in [0.5, 0.6) is 0 Å². The highest BCUT2D eigenvalue weighted by molar-refractivity contribution is 7.99. The number of nitrogens with zero attached hydrogens (tertiary/aromatic N) is 1. The number of nitrogens with one attached hydrogen (secondary N) is 3. The first-order chi connectivity index (χ1) is 27.2. The summed E-state index contributed by atoms with van der Waals surface area (Å²) in [5.41, 5.74) is -2.97. The summed E-state index contributed by atoms with van der Waals surface area (Å²) in [5.74, 6) is -6.65. The number of alkyl carbamates (subject to hydrolysis) is 1. The number of ether oxygens (including phenoxy) is 7. The van der Waals surface area contributed by atoms with E-state index in [0.717, 1.165) is 39.5 Å². The van der Waals surface area contributed by atoms with Gasteiger partial charge in [-0.2, -0.15) is 0 Å². The molecule has 2 heterocycles. The standard InChI is InChI=1S/C38H60N4O16S/c1-19(2)28(33(49)42-15-13-14-25(42)34(50)57-37(7,8)9)41-32(48)24(40-36(51)58-38(10,11)12)16-27(47)39-18-59-35-31(55-23(6)46)30(54-22(5)45)29(53-21(4)44)26(56-35)17-52-20(3)43/h19,24-26,28-31,35H,13-18H2,1-12H3,(H,39,47)(H,40,51)(H,41,48)/t24-,25-,26+,28-,29-,30-,31+,35-/m0/s1. The minimum atomic E-state index is -1.56. The minimum Gasteiger partial charge on any atom is -0.463 e. The predicted octanol–water partition coefficient (Wildman–Crippen LogP) is 1.63. The van der Waals surface area contributed by atoms with Gasteiger partial charge in [0.05, 0.1) is 12.3 Å². The molecule has 2 fully saturated rings. The van der Waals surface area contributed by atoms with Gasteiger partial charge in [-0.05, 0) is 60.3 Å². The Morgan fingerprint density at radius 2 is 1.32 bits per heavy atom. The normalized spacial score (nSPS) is 22.8. The van der Waals surface area contributed by atoms with Crippen molar-refractivity contribution in [2.24, 2.45) is 5.92 Å². The number of esters is 5. The number of carbonyl (C=O) groups is 9. The lowest BCUT2D eigenvalue weighted by Crippen LogP contribution is -2.61. The third kappa shape index (κ3) is 17.2. The maximum atomic E-state index is 13.9. The third-order valence-corrected chi connectivity index (χ3v) is 9.33. The van der Waals surface area contributed by atoms with E-state index in [1.807, 2.05) is 0 Å². The van der Waals surface area contributed by atoms with Crippen LogP contribution < -0.4 is 16.0 Å². The van der Waals surface area contributed by atoms with Gasteiger partial charge in [0.15, 0.2) is 18.3 Å². The number of likely N-dealkylation sites (tertiary alicyclic amines) is 1. The van der Waals surface area contributed by atoms with Gasteiger partial charge in [-0.3, -0.25) is 33.6 Å². The SMILES string of the molecule is CC(=O)OC[C@H]1O[C@@H](SCNC(=O)C[C@H](NC(=O)OC(C)(C)C)C(=O)N[C@H](C(=O)N2CCC[C@H]2C(=O)OC(C)(C)C)C(C)C)[C@H](OC(C)=O)[C@@H](OC(C)=O)[C@H]1OC(C)=O. The number of thioether (sulfide) groups is 1. The molecule has 2 saturated heterocycles. The van der Waals surface area contributed by atoms with Gasteiger partial charge in [0, 0.05) is 34.2 Å². The van der Waals surface area contributed by atoms with Crippen molar-refractivity contribution in [3.05, 3.63) is 0 Å². The summed E-state index contributed by atoms with van der Waals surface area (Å²) in [4.78, 5) is 116. The second kappa shape index (κ2) is 22.1.